The minimum atomic E-state index is -0.308. The Kier molecular flexibility index (Phi) is 5.13. The first-order valence-electron chi connectivity index (χ1n) is 9.00. The zero-order valence-corrected chi connectivity index (χ0v) is 17.8. The molecule has 2 heterocycles. The summed E-state index contributed by atoms with van der Waals surface area (Å²) >= 11 is 1.46. The molecular weight excluding hydrogens is 374 g/mol. The van der Waals surface area contributed by atoms with E-state index >= 15 is 0 Å². The first-order valence-corrected chi connectivity index (χ1v) is 9.82. The second-order valence-corrected chi connectivity index (χ2v) is 9.11. The van der Waals surface area contributed by atoms with Gasteiger partial charge in [-0.1, -0.05) is 0 Å². The molecular formula is C21H25N3O3S. The molecule has 1 aromatic carbocycles. The monoisotopic (exact) mass is 399 g/mol. The van der Waals surface area contributed by atoms with E-state index in [2.05, 4.69) is 44.4 Å². The molecule has 148 valence electrons. The fraction of sp³-hybridized carbons (Fsp3) is 0.429. The van der Waals surface area contributed by atoms with Crippen molar-refractivity contribution >= 4 is 22.2 Å². The van der Waals surface area contributed by atoms with Crippen LogP contribution in [0.3, 0.4) is 0 Å². The Morgan fingerprint density at radius 1 is 1.18 bits per heavy atom. The highest BCUT2D eigenvalue weighted by atomic mass is 32.1. The number of carbonyl (C=O) groups excluding carboxylic acids is 1. The molecule has 2 N–H and O–H groups in total. The standard InChI is InChI=1S/C21H25N3O3S/c1-20(2)10-15-16(11-22)19(28-17(15)21(3,4)24-20)23-18(25)12-7-13(26-5)9-14(8-12)27-6/h7-9,24H,10H2,1-6H3,(H,23,25). The molecule has 1 aliphatic rings. The Morgan fingerprint density at radius 2 is 1.79 bits per heavy atom. The number of thiophene rings is 1. The van der Waals surface area contributed by atoms with Gasteiger partial charge >= 0.3 is 0 Å². The van der Waals surface area contributed by atoms with E-state index in [9.17, 15) is 10.1 Å². The highest BCUT2D eigenvalue weighted by molar-refractivity contribution is 7.17. The zero-order valence-electron chi connectivity index (χ0n) is 17.0. The number of hydrogen-bond donors (Lipinski definition) is 2. The lowest BCUT2D eigenvalue weighted by Crippen LogP contribution is -2.54. The van der Waals surface area contributed by atoms with Gasteiger partial charge in [0.25, 0.3) is 5.91 Å². The molecule has 1 aliphatic heterocycles. The van der Waals surface area contributed by atoms with Crippen molar-refractivity contribution in [3.05, 3.63) is 39.8 Å². The molecule has 28 heavy (non-hydrogen) atoms. The smallest absolute Gasteiger partial charge is 0.256 e. The first kappa shape index (κ1) is 20.2. The summed E-state index contributed by atoms with van der Waals surface area (Å²) in [6, 6.07) is 7.30. The third kappa shape index (κ3) is 3.71. The van der Waals surface area contributed by atoms with E-state index in [1.807, 2.05) is 0 Å². The molecule has 1 amide bonds. The number of nitrogens with zero attached hydrogens (tertiary/aromatic N) is 1. The average Bonchev–Trinajstić information content (AvgIpc) is 2.97. The van der Waals surface area contributed by atoms with E-state index in [4.69, 9.17) is 9.47 Å². The molecule has 7 heteroatoms. The predicted molar refractivity (Wildman–Crippen MR) is 110 cm³/mol. The van der Waals surface area contributed by atoms with Gasteiger partial charge in [-0.15, -0.1) is 11.3 Å². The lowest BCUT2D eigenvalue weighted by molar-refractivity contribution is 0.102. The maximum Gasteiger partial charge on any atom is 0.256 e. The van der Waals surface area contributed by atoms with Gasteiger partial charge in [-0.05, 0) is 51.8 Å². The predicted octanol–water partition coefficient (Wildman–Crippen LogP) is 4.05. The first-order chi connectivity index (χ1) is 13.1. The highest BCUT2D eigenvalue weighted by Crippen LogP contribution is 2.44. The fourth-order valence-corrected chi connectivity index (χ4v) is 5.07. The number of carbonyl (C=O) groups is 1. The van der Waals surface area contributed by atoms with Crippen LogP contribution in [0.2, 0.25) is 0 Å². The van der Waals surface area contributed by atoms with E-state index in [0.717, 1.165) is 16.9 Å². The number of ether oxygens (including phenoxy) is 2. The molecule has 6 nitrogen and oxygen atoms in total. The number of nitriles is 1. The van der Waals surface area contributed by atoms with Gasteiger partial charge in [0.1, 0.15) is 22.6 Å². The van der Waals surface area contributed by atoms with Gasteiger partial charge in [-0.2, -0.15) is 5.26 Å². The Balaban J connectivity index is 2.00. The fourth-order valence-electron chi connectivity index (χ4n) is 3.85. The molecule has 0 atom stereocenters. The molecule has 0 saturated carbocycles. The summed E-state index contributed by atoms with van der Waals surface area (Å²) < 4.78 is 10.5. The number of benzene rings is 1. The molecule has 0 spiro atoms. The van der Waals surface area contributed by atoms with Crippen LogP contribution >= 0.6 is 11.3 Å². The molecule has 0 radical (unpaired) electrons. The Bertz CT molecular complexity index is 948. The van der Waals surface area contributed by atoms with Crippen molar-refractivity contribution in [3.63, 3.8) is 0 Å². The van der Waals surface area contributed by atoms with Crippen LogP contribution in [0.15, 0.2) is 18.2 Å². The number of nitrogens with one attached hydrogen (secondary N) is 2. The van der Waals surface area contributed by atoms with Crippen LogP contribution in [-0.4, -0.2) is 25.7 Å². The van der Waals surface area contributed by atoms with Crippen molar-refractivity contribution in [1.29, 1.82) is 5.26 Å². The van der Waals surface area contributed by atoms with Crippen molar-refractivity contribution in [2.45, 2.75) is 45.2 Å². The third-order valence-corrected chi connectivity index (χ3v) is 6.27. The van der Waals surface area contributed by atoms with Crippen molar-refractivity contribution in [2.75, 3.05) is 19.5 Å². The summed E-state index contributed by atoms with van der Waals surface area (Å²) in [5.41, 5.74) is 1.55. The molecule has 0 aliphatic carbocycles. The van der Waals surface area contributed by atoms with Crippen LogP contribution in [-0.2, 0) is 12.0 Å². The summed E-state index contributed by atoms with van der Waals surface area (Å²) in [5, 5.41) is 16.9. The number of anilines is 1. The van der Waals surface area contributed by atoms with Gasteiger partial charge < -0.3 is 20.1 Å². The van der Waals surface area contributed by atoms with Crippen molar-refractivity contribution in [1.82, 2.24) is 5.32 Å². The molecule has 0 saturated heterocycles. The van der Waals surface area contributed by atoms with Crippen molar-refractivity contribution in [2.24, 2.45) is 0 Å². The lowest BCUT2D eigenvalue weighted by Gasteiger charge is -2.42. The van der Waals surface area contributed by atoms with Gasteiger partial charge in [0, 0.05) is 27.6 Å². The molecule has 2 aromatic rings. The molecule has 0 fully saturated rings. The summed E-state index contributed by atoms with van der Waals surface area (Å²) in [5.74, 6) is 0.752. The topological polar surface area (TPSA) is 83.4 Å². The third-order valence-electron chi connectivity index (χ3n) is 4.80. The van der Waals surface area contributed by atoms with Gasteiger partial charge in [0.15, 0.2) is 0 Å². The van der Waals surface area contributed by atoms with Crippen LogP contribution in [0, 0.1) is 11.3 Å². The quantitative estimate of drug-likeness (QED) is 0.810. The lowest BCUT2D eigenvalue weighted by atomic mass is 9.81. The van der Waals surface area contributed by atoms with Crippen LogP contribution in [0.4, 0.5) is 5.00 Å². The minimum Gasteiger partial charge on any atom is -0.497 e. The normalized spacial score (nSPS) is 16.6. The Morgan fingerprint density at radius 3 is 2.32 bits per heavy atom. The van der Waals surface area contributed by atoms with E-state index in [1.165, 1.54) is 25.6 Å². The Labute approximate surface area is 169 Å². The van der Waals surface area contributed by atoms with Gasteiger partial charge in [0.2, 0.25) is 0 Å². The summed E-state index contributed by atoms with van der Waals surface area (Å²) in [6.45, 7) is 8.44. The van der Waals surface area contributed by atoms with Crippen LogP contribution in [0.5, 0.6) is 11.5 Å². The summed E-state index contributed by atoms with van der Waals surface area (Å²) in [6.07, 6.45) is 0.730. The van der Waals surface area contributed by atoms with Crippen LogP contribution in [0.25, 0.3) is 0 Å². The van der Waals surface area contributed by atoms with Crippen LogP contribution < -0.4 is 20.1 Å². The number of fused-ring (bicyclic) bond motifs is 1. The number of hydrogen-bond acceptors (Lipinski definition) is 6. The van der Waals surface area contributed by atoms with Crippen molar-refractivity contribution in [3.8, 4) is 17.6 Å². The maximum atomic E-state index is 12.9. The largest absolute Gasteiger partial charge is 0.497 e. The van der Waals surface area contributed by atoms with Gasteiger partial charge in [0.05, 0.1) is 19.8 Å². The van der Waals surface area contributed by atoms with E-state index in [0.29, 0.717) is 27.6 Å². The number of rotatable bonds is 4. The van der Waals surface area contributed by atoms with E-state index < -0.39 is 0 Å². The average molecular weight is 400 g/mol. The second kappa shape index (κ2) is 7.12. The SMILES string of the molecule is COc1cc(OC)cc(C(=O)Nc2sc3c(c2C#N)CC(C)(C)NC3(C)C)c1. The maximum absolute atomic E-state index is 12.9. The molecule has 1 aromatic heterocycles. The van der Waals surface area contributed by atoms with E-state index in [1.54, 1.807) is 18.2 Å². The molecule has 0 bridgehead atoms. The van der Waals surface area contributed by atoms with Crippen molar-refractivity contribution < 1.29 is 14.3 Å². The minimum absolute atomic E-state index is 0.134. The molecule has 0 unspecified atom stereocenters. The number of amides is 1. The highest BCUT2D eigenvalue weighted by Gasteiger charge is 2.40. The number of methoxy groups -OCH3 is 2. The zero-order chi connectivity index (χ0) is 20.7. The second-order valence-electron chi connectivity index (χ2n) is 8.09. The van der Waals surface area contributed by atoms with Gasteiger partial charge in [-0.25, -0.2) is 0 Å². The van der Waals surface area contributed by atoms with E-state index in [-0.39, 0.29) is 17.0 Å². The summed E-state index contributed by atoms with van der Waals surface area (Å²) in [7, 11) is 3.07. The summed E-state index contributed by atoms with van der Waals surface area (Å²) in [4.78, 5) is 14.0. The van der Waals surface area contributed by atoms with Crippen LogP contribution in [0.1, 0.15) is 54.1 Å². The Hall–Kier alpha value is -2.56. The molecule has 3 rings (SSSR count). The van der Waals surface area contributed by atoms with Gasteiger partial charge in [-0.3, -0.25) is 4.79 Å².